The Morgan fingerprint density at radius 2 is 2.14 bits per heavy atom. The molecule has 1 saturated carbocycles. The van der Waals surface area contributed by atoms with Crippen molar-refractivity contribution in [1.82, 2.24) is 10.2 Å². The lowest BCUT2D eigenvalue weighted by atomic mass is 9.89. The lowest BCUT2D eigenvalue weighted by Crippen LogP contribution is -2.54. The Bertz CT molecular complexity index is 541. The minimum atomic E-state index is -0.302. The first-order valence-electron chi connectivity index (χ1n) is 7.00. The summed E-state index contributed by atoms with van der Waals surface area (Å²) in [7, 11) is 0. The second-order valence-corrected chi connectivity index (χ2v) is 6.15. The minimum absolute atomic E-state index is 0.158. The molecule has 1 saturated heterocycles. The van der Waals surface area contributed by atoms with E-state index in [1.165, 1.54) is 11.2 Å². The predicted octanol–water partition coefficient (Wildman–Crippen LogP) is 2.02. The van der Waals surface area contributed by atoms with E-state index in [9.17, 15) is 14.4 Å². The summed E-state index contributed by atoms with van der Waals surface area (Å²) in [6.07, 6.45) is 4.87. The Labute approximate surface area is 126 Å². The van der Waals surface area contributed by atoms with Crippen LogP contribution in [0, 0.1) is 0 Å². The van der Waals surface area contributed by atoms with Gasteiger partial charge in [0, 0.05) is 0 Å². The van der Waals surface area contributed by atoms with Crippen LogP contribution in [0.25, 0.3) is 0 Å². The van der Waals surface area contributed by atoms with Crippen LogP contribution in [-0.4, -0.2) is 39.8 Å². The van der Waals surface area contributed by atoms with Crippen LogP contribution < -0.4 is 5.32 Å². The predicted molar refractivity (Wildman–Crippen MR) is 76.9 cm³/mol. The fraction of sp³-hybridized carbons (Fsp3) is 0.500. The van der Waals surface area contributed by atoms with Crippen LogP contribution in [0.5, 0.6) is 0 Å². The molecule has 112 valence electrons. The molecule has 1 aliphatic heterocycles. The highest BCUT2D eigenvalue weighted by Crippen LogP contribution is 2.30. The summed E-state index contributed by atoms with van der Waals surface area (Å²) in [6, 6.07) is 2.79. The van der Waals surface area contributed by atoms with Crippen LogP contribution in [0.4, 0.5) is 4.79 Å². The van der Waals surface area contributed by atoms with Crippen LogP contribution in [0.3, 0.4) is 0 Å². The van der Waals surface area contributed by atoms with E-state index in [1.807, 2.05) is 0 Å². The first-order chi connectivity index (χ1) is 10.2. The number of nitrogens with one attached hydrogen (secondary N) is 1. The minimum Gasteiger partial charge on any atom is -0.459 e. The van der Waals surface area contributed by atoms with E-state index in [0.29, 0.717) is 0 Å². The molecule has 3 amide bonds. The maximum Gasteiger partial charge on any atom is 0.289 e. The highest BCUT2D eigenvalue weighted by Gasteiger charge is 2.41. The third kappa shape index (κ3) is 2.83. The molecule has 0 radical (unpaired) electrons. The number of hydrogen-bond donors (Lipinski definition) is 1. The van der Waals surface area contributed by atoms with Crippen molar-refractivity contribution in [3.05, 3.63) is 24.2 Å². The van der Waals surface area contributed by atoms with Gasteiger partial charge in [-0.25, -0.2) is 0 Å². The molecule has 0 bridgehead atoms. The van der Waals surface area contributed by atoms with Crippen LogP contribution in [0.15, 0.2) is 22.8 Å². The van der Waals surface area contributed by atoms with Crippen molar-refractivity contribution in [1.29, 1.82) is 0 Å². The van der Waals surface area contributed by atoms with Gasteiger partial charge in [-0.15, -0.1) is 0 Å². The van der Waals surface area contributed by atoms with Gasteiger partial charge in [0.2, 0.25) is 5.91 Å². The van der Waals surface area contributed by atoms with Gasteiger partial charge < -0.3 is 9.73 Å². The molecule has 3 rings (SSSR count). The van der Waals surface area contributed by atoms with Gasteiger partial charge in [0.25, 0.3) is 11.1 Å². The monoisotopic (exact) mass is 308 g/mol. The first-order valence-corrected chi connectivity index (χ1v) is 7.98. The van der Waals surface area contributed by atoms with Gasteiger partial charge in [-0.3, -0.25) is 19.3 Å². The maximum absolute atomic E-state index is 12.1. The zero-order valence-corrected chi connectivity index (χ0v) is 12.2. The Balaban J connectivity index is 1.74. The van der Waals surface area contributed by atoms with Crippen molar-refractivity contribution in [2.24, 2.45) is 0 Å². The standard InChI is InChI=1S/C14H16N2O4S/c17-12-8-21-14(19)16(12)10-5-2-1-4-9(10)15-13(18)11-6-3-7-20-11/h3,6-7,9-10H,1-2,4-5,8H2,(H,15,18). The number of nitrogens with zero attached hydrogens (tertiary/aromatic N) is 1. The second-order valence-electron chi connectivity index (χ2n) is 5.23. The van der Waals surface area contributed by atoms with Crippen LogP contribution >= 0.6 is 11.8 Å². The fourth-order valence-electron chi connectivity index (χ4n) is 2.92. The van der Waals surface area contributed by atoms with Crippen LogP contribution in [0.1, 0.15) is 36.2 Å². The average Bonchev–Trinajstić information content (AvgIpc) is 3.11. The number of hydrogen-bond acceptors (Lipinski definition) is 5. The van der Waals surface area contributed by atoms with Crippen molar-refractivity contribution in [3.63, 3.8) is 0 Å². The molecule has 2 atom stereocenters. The largest absolute Gasteiger partial charge is 0.459 e. The topological polar surface area (TPSA) is 79.6 Å². The van der Waals surface area contributed by atoms with E-state index in [1.54, 1.807) is 12.1 Å². The summed E-state index contributed by atoms with van der Waals surface area (Å²) in [5, 5.41) is 2.70. The number of imide groups is 1. The molecule has 1 N–H and O–H groups in total. The number of thioether (sulfide) groups is 1. The van der Waals surface area contributed by atoms with Gasteiger partial charge >= 0.3 is 0 Å². The number of carbonyl (C=O) groups is 3. The summed E-state index contributed by atoms with van der Waals surface area (Å²) in [4.78, 5) is 37.2. The van der Waals surface area contributed by atoms with Crippen LogP contribution in [0.2, 0.25) is 0 Å². The van der Waals surface area contributed by atoms with Crippen molar-refractivity contribution >= 4 is 28.8 Å². The van der Waals surface area contributed by atoms with E-state index in [0.717, 1.165) is 37.4 Å². The summed E-state index contributed by atoms with van der Waals surface area (Å²) in [5.74, 6) is -0.0145. The lowest BCUT2D eigenvalue weighted by Gasteiger charge is -2.36. The Morgan fingerprint density at radius 3 is 2.81 bits per heavy atom. The molecule has 0 aromatic carbocycles. The summed E-state index contributed by atoms with van der Waals surface area (Å²) in [6.45, 7) is 0. The van der Waals surface area contributed by atoms with Crippen molar-refractivity contribution in [3.8, 4) is 0 Å². The number of amides is 3. The molecule has 21 heavy (non-hydrogen) atoms. The third-order valence-corrected chi connectivity index (χ3v) is 4.74. The summed E-state index contributed by atoms with van der Waals surface area (Å²) < 4.78 is 5.08. The molecular weight excluding hydrogens is 292 g/mol. The molecule has 2 unspecified atom stereocenters. The van der Waals surface area contributed by atoms with Crippen LogP contribution in [-0.2, 0) is 4.79 Å². The van der Waals surface area contributed by atoms with Gasteiger partial charge in [0.05, 0.1) is 24.1 Å². The molecule has 2 aliphatic rings. The fourth-order valence-corrected chi connectivity index (χ4v) is 3.68. The van der Waals surface area contributed by atoms with Gasteiger partial charge in [0.15, 0.2) is 5.76 Å². The number of rotatable bonds is 3. The van der Waals surface area contributed by atoms with E-state index in [2.05, 4.69) is 5.32 Å². The SMILES string of the molecule is O=C(NC1CCCCC1N1C(=O)CSC1=O)c1ccco1. The van der Waals surface area contributed by atoms with Gasteiger partial charge in [-0.05, 0) is 25.0 Å². The van der Waals surface area contributed by atoms with Gasteiger partial charge in [-0.2, -0.15) is 0 Å². The Kier molecular flexibility index (Phi) is 4.01. The van der Waals surface area contributed by atoms with Gasteiger partial charge in [-0.1, -0.05) is 24.6 Å². The summed E-state index contributed by atoms with van der Waals surface area (Å²) in [5.41, 5.74) is 0. The zero-order chi connectivity index (χ0) is 14.8. The molecule has 6 nitrogen and oxygen atoms in total. The molecule has 2 heterocycles. The quantitative estimate of drug-likeness (QED) is 0.924. The van der Waals surface area contributed by atoms with Crippen molar-refractivity contribution < 1.29 is 18.8 Å². The van der Waals surface area contributed by atoms with Crippen molar-refractivity contribution in [2.45, 2.75) is 37.8 Å². The Hall–Kier alpha value is -1.76. The zero-order valence-electron chi connectivity index (χ0n) is 11.4. The number of furan rings is 1. The average molecular weight is 308 g/mol. The smallest absolute Gasteiger partial charge is 0.289 e. The lowest BCUT2D eigenvalue weighted by molar-refractivity contribution is -0.127. The molecule has 7 heteroatoms. The maximum atomic E-state index is 12.1. The highest BCUT2D eigenvalue weighted by atomic mass is 32.2. The molecule has 1 aromatic heterocycles. The molecule has 1 aliphatic carbocycles. The molecule has 0 spiro atoms. The first kappa shape index (κ1) is 14.2. The van der Waals surface area contributed by atoms with Crippen molar-refractivity contribution in [2.75, 3.05) is 5.75 Å². The molecular formula is C14H16N2O4S. The summed E-state index contributed by atoms with van der Waals surface area (Å²) >= 11 is 1.03. The number of carbonyl (C=O) groups excluding carboxylic acids is 3. The second kappa shape index (κ2) is 5.93. The normalized spacial score (nSPS) is 26.2. The Morgan fingerprint density at radius 1 is 1.33 bits per heavy atom. The molecule has 2 fully saturated rings. The van der Waals surface area contributed by atoms with E-state index in [-0.39, 0.29) is 40.7 Å². The van der Waals surface area contributed by atoms with E-state index in [4.69, 9.17) is 4.42 Å². The highest BCUT2D eigenvalue weighted by molar-refractivity contribution is 8.14. The third-order valence-electron chi connectivity index (χ3n) is 3.91. The molecule has 1 aromatic rings. The van der Waals surface area contributed by atoms with Gasteiger partial charge in [0.1, 0.15) is 0 Å². The van der Waals surface area contributed by atoms with E-state index < -0.39 is 0 Å². The van der Waals surface area contributed by atoms with E-state index >= 15 is 0 Å².